The van der Waals surface area contributed by atoms with Gasteiger partial charge in [0.05, 0.1) is 7.05 Å². The standard InChI is InChI=1S/C38H42N3O/c1-23(2)28-21-27(26-15-11-10-12-16-26)22-29(24(3)4)34(28)41-32-18-14-13-17-31(32)40(9)36(41)33-25(5)19-20-30-35(33)42-37(39-30)38(6,7)8/h10-24H,1-9H3/q+1. The van der Waals surface area contributed by atoms with Gasteiger partial charge in [-0.15, -0.1) is 0 Å². The molecule has 4 nitrogen and oxygen atoms in total. The minimum Gasteiger partial charge on any atom is -0.439 e. The predicted molar refractivity (Wildman–Crippen MR) is 175 cm³/mol. The molecule has 0 unspecified atom stereocenters. The number of hydrogen-bond donors (Lipinski definition) is 0. The molecule has 2 aromatic heterocycles. The van der Waals surface area contributed by atoms with E-state index in [0.29, 0.717) is 11.8 Å². The van der Waals surface area contributed by atoms with Crippen molar-refractivity contribution in [3.8, 4) is 28.2 Å². The fourth-order valence-electron chi connectivity index (χ4n) is 6.13. The van der Waals surface area contributed by atoms with Crippen LogP contribution in [0.4, 0.5) is 0 Å². The summed E-state index contributed by atoms with van der Waals surface area (Å²) in [6.45, 7) is 17.9. The molecular formula is C38H42N3O+. The second-order valence-corrected chi connectivity index (χ2v) is 13.3. The number of imidazole rings is 1. The van der Waals surface area contributed by atoms with Crippen LogP contribution in [-0.4, -0.2) is 9.55 Å². The number of fused-ring (bicyclic) bond motifs is 2. The minimum absolute atomic E-state index is 0.192. The van der Waals surface area contributed by atoms with E-state index in [9.17, 15) is 0 Å². The molecule has 0 N–H and O–H groups in total. The van der Waals surface area contributed by atoms with Crippen molar-refractivity contribution in [1.29, 1.82) is 0 Å². The highest BCUT2D eigenvalue weighted by Crippen LogP contribution is 2.42. The molecule has 0 aliphatic rings. The summed E-state index contributed by atoms with van der Waals surface area (Å²) in [7, 11) is 2.18. The number of aromatic nitrogens is 3. The first kappa shape index (κ1) is 28.0. The summed E-state index contributed by atoms with van der Waals surface area (Å²) in [6.07, 6.45) is 0. The zero-order valence-electron chi connectivity index (χ0n) is 26.4. The van der Waals surface area contributed by atoms with Crippen LogP contribution in [-0.2, 0) is 12.5 Å². The Morgan fingerprint density at radius 1 is 0.786 bits per heavy atom. The van der Waals surface area contributed by atoms with E-state index in [1.54, 1.807) is 0 Å². The van der Waals surface area contributed by atoms with E-state index >= 15 is 0 Å². The molecule has 0 bridgehead atoms. The van der Waals surface area contributed by atoms with Crippen molar-refractivity contribution in [1.82, 2.24) is 9.55 Å². The summed E-state index contributed by atoms with van der Waals surface area (Å²) in [6, 6.07) is 28.6. The Kier molecular flexibility index (Phi) is 6.84. The number of benzene rings is 4. The largest absolute Gasteiger partial charge is 0.439 e. The third kappa shape index (κ3) is 4.54. The van der Waals surface area contributed by atoms with E-state index in [1.807, 2.05) is 0 Å². The quantitative estimate of drug-likeness (QED) is 0.198. The van der Waals surface area contributed by atoms with E-state index in [-0.39, 0.29) is 5.41 Å². The van der Waals surface area contributed by atoms with Crippen molar-refractivity contribution < 1.29 is 8.98 Å². The van der Waals surface area contributed by atoms with Gasteiger partial charge < -0.3 is 4.42 Å². The normalized spacial score (nSPS) is 12.4. The number of rotatable bonds is 5. The maximum atomic E-state index is 6.64. The molecule has 6 rings (SSSR count). The van der Waals surface area contributed by atoms with Gasteiger partial charge in [-0.1, -0.05) is 97.0 Å². The first-order valence-electron chi connectivity index (χ1n) is 15.1. The first-order valence-corrected chi connectivity index (χ1v) is 15.1. The average Bonchev–Trinajstić information content (AvgIpc) is 3.52. The van der Waals surface area contributed by atoms with Crippen LogP contribution < -0.4 is 4.57 Å². The highest BCUT2D eigenvalue weighted by molar-refractivity contribution is 5.93. The van der Waals surface area contributed by atoms with E-state index in [0.717, 1.165) is 33.9 Å². The molecule has 0 aliphatic heterocycles. The summed E-state index contributed by atoms with van der Waals surface area (Å²) in [5.41, 5.74) is 12.6. The molecule has 0 spiro atoms. The smallest absolute Gasteiger partial charge is 0.299 e. The van der Waals surface area contributed by atoms with E-state index in [2.05, 4.69) is 150 Å². The molecule has 4 heteroatoms. The lowest BCUT2D eigenvalue weighted by Gasteiger charge is -2.21. The molecule has 2 heterocycles. The van der Waals surface area contributed by atoms with Crippen LogP contribution in [0.15, 0.2) is 83.3 Å². The molecule has 214 valence electrons. The SMILES string of the molecule is Cc1ccc2nc(C(C)(C)C)oc2c1-c1n(-c2c(C(C)C)cc(-c3ccccc3)cc2C(C)C)c2ccccc2[n+]1C. The topological polar surface area (TPSA) is 34.8 Å². The summed E-state index contributed by atoms with van der Waals surface area (Å²) < 4.78 is 11.5. The van der Waals surface area contributed by atoms with Gasteiger partial charge in [0.15, 0.2) is 16.6 Å². The van der Waals surface area contributed by atoms with Gasteiger partial charge in [-0.05, 0) is 65.8 Å². The Morgan fingerprint density at radius 3 is 2.02 bits per heavy atom. The Morgan fingerprint density at radius 2 is 1.40 bits per heavy atom. The number of nitrogens with zero attached hydrogens (tertiary/aromatic N) is 3. The lowest BCUT2D eigenvalue weighted by atomic mass is 9.88. The second kappa shape index (κ2) is 10.3. The van der Waals surface area contributed by atoms with Gasteiger partial charge in [0.25, 0.3) is 5.82 Å². The van der Waals surface area contributed by atoms with Gasteiger partial charge in [0, 0.05) is 16.5 Å². The molecule has 42 heavy (non-hydrogen) atoms. The van der Waals surface area contributed by atoms with Crippen molar-refractivity contribution in [2.75, 3.05) is 0 Å². The Bertz CT molecular complexity index is 1900. The van der Waals surface area contributed by atoms with Crippen molar-refractivity contribution in [2.24, 2.45) is 7.05 Å². The highest BCUT2D eigenvalue weighted by Gasteiger charge is 2.34. The van der Waals surface area contributed by atoms with Crippen molar-refractivity contribution >= 4 is 22.1 Å². The number of para-hydroxylation sites is 2. The first-order chi connectivity index (χ1) is 20.0. The summed E-state index contributed by atoms with van der Waals surface area (Å²) >= 11 is 0. The maximum Gasteiger partial charge on any atom is 0.299 e. The number of hydrogen-bond acceptors (Lipinski definition) is 2. The van der Waals surface area contributed by atoms with Gasteiger partial charge in [0.2, 0.25) is 5.89 Å². The average molecular weight is 557 g/mol. The monoisotopic (exact) mass is 556 g/mol. The van der Waals surface area contributed by atoms with Crippen LogP contribution >= 0.6 is 0 Å². The molecule has 0 radical (unpaired) electrons. The molecule has 0 saturated carbocycles. The van der Waals surface area contributed by atoms with Crippen LogP contribution in [0.3, 0.4) is 0 Å². The fourth-order valence-corrected chi connectivity index (χ4v) is 6.13. The molecule has 0 amide bonds. The zero-order chi connectivity index (χ0) is 29.9. The van der Waals surface area contributed by atoms with E-state index < -0.39 is 0 Å². The van der Waals surface area contributed by atoms with Crippen molar-refractivity contribution in [3.63, 3.8) is 0 Å². The van der Waals surface area contributed by atoms with Crippen LogP contribution in [0.1, 0.15) is 82.9 Å². The molecule has 0 fully saturated rings. The third-order valence-electron chi connectivity index (χ3n) is 8.39. The van der Waals surface area contributed by atoms with Crippen LogP contribution in [0.2, 0.25) is 0 Å². The lowest BCUT2D eigenvalue weighted by molar-refractivity contribution is -0.633. The Hall–Kier alpha value is -4.18. The van der Waals surface area contributed by atoms with Crippen molar-refractivity contribution in [2.45, 2.75) is 72.6 Å². The molecule has 4 aromatic carbocycles. The van der Waals surface area contributed by atoms with Gasteiger partial charge in [-0.25, -0.2) is 9.55 Å². The second-order valence-electron chi connectivity index (χ2n) is 13.3. The summed E-state index contributed by atoms with van der Waals surface area (Å²) in [4.78, 5) is 4.95. The fraction of sp³-hybridized carbons (Fsp3) is 0.316. The zero-order valence-corrected chi connectivity index (χ0v) is 26.4. The van der Waals surface area contributed by atoms with Gasteiger partial charge in [-0.2, -0.15) is 4.57 Å². The van der Waals surface area contributed by atoms with Crippen molar-refractivity contribution in [3.05, 3.63) is 101 Å². The third-order valence-corrected chi connectivity index (χ3v) is 8.39. The van der Waals surface area contributed by atoms with E-state index in [1.165, 1.54) is 39.0 Å². The summed E-state index contributed by atoms with van der Waals surface area (Å²) in [5.74, 6) is 2.49. The number of aryl methyl sites for hydroxylation is 2. The Balaban J connectivity index is 1.78. The molecular weight excluding hydrogens is 514 g/mol. The molecule has 0 atom stereocenters. The highest BCUT2D eigenvalue weighted by atomic mass is 16.3. The van der Waals surface area contributed by atoms with Gasteiger partial charge in [-0.3, -0.25) is 0 Å². The minimum atomic E-state index is -0.192. The maximum absolute atomic E-state index is 6.64. The molecule has 0 aliphatic carbocycles. The van der Waals surface area contributed by atoms with Gasteiger partial charge in [0.1, 0.15) is 16.8 Å². The van der Waals surface area contributed by atoms with E-state index in [4.69, 9.17) is 9.40 Å². The van der Waals surface area contributed by atoms with Crippen LogP contribution in [0, 0.1) is 6.92 Å². The van der Waals surface area contributed by atoms with Crippen LogP contribution in [0.5, 0.6) is 0 Å². The predicted octanol–water partition coefficient (Wildman–Crippen LogP) is 9.78. The van der Waals surface area contributed by atoms with Crippen LogP contribution in [0.25, 0.3) is 50.3 Å². The Labute approximate surface area is 249 Å². The number of oxazole rings is 1. The summed E-state index contributed by atoms with van der Waals surface area (Å²) in [5, 5.41) is 0. The lowest BCUT2D eigenvalue weighted by Crippen LogP contribution is -2.30. The molecule has 6 aromatic rings. The molecule has 0 saturated heterocycles. The van der Waals surface area contributed by atoms with Gasteiger partial charge >= 0.3 is 0 Å².